The second-order valence-electron chi connectivity index (χ2n) is 13.0. The van der Waals surface area contributed by atoms with E-state index in [9.17, 15) is 4.79 Å². The fourth-order valence-corrected chi connectivity index (χ4v) is 9.04. The first-order valence-corrected chi connectivity index (χ1v) is 15.7. The van der Waals surface area contributed by atoms with Crippen molar-refractivity contribution in [2.24, 2.45) is 23.2 Å². The number of nitrogens with zero attached hydrogens (tertiary/aromatic N) is 2. The lowest BCUT2D eigenvalue weighted by molar-refractivity contribution is -0.125. The Hall–Kier alpha value is -4.50. The van der Waals surface area contributed by atoms with E-state index in [1.165, 1.54) is 19.3 Å². The molecule has 0 aliphatic heterocycles. The molecule has 4 fully saturated rings. The number of allylic oxidation sites excluding steroid dienone is 1. The van der Waals surface area contributed by atoms with Crippen LogP contribution in [0, 0.1) is 23.2 Å². The number of carbonyl (C=O) groups excluding carboxylic acids is 1. The summed E-state index contributed by atoms with van der Waals surface area (Å²) in [5.74, 6) is 2.48. The van der Waals surface area contributed by atoms with Gasteiger partial charge in [-0.3, -0.25) is 4.79 Å². The molecule has 0 N–H and O–H groups in total. The molecule has 9 rings (SSSR count). The van der Waals surface area contributed by atoms with E-state index >= 15 is 0 Å². The molecule has 4 bridgehead atoms. The van der Waals surface area contributed by atoms with E-state index in [-0.39, 0.29) is 5.41 Å². The molecule has 4 aliphatic rings. The Morgan fingerprint density at radius 3 is 1.84 bits per heavy atom. The number of aromatic nitrogens is 2. The first-order chi connectivity index (χ1) is 21.2. The number of hydrogen-bond acceptors (Lipinski definition) is 2. The summed E-state index contributed by atoms with van der Waals surface area (Å²) in [6.45, 7) is 0. The summed E-state index contributed by atoms with van der Waals surface area (Å²) in [4.78, 5) is 18.7. The van der Waals surface area contributed by atoms with Gasteiger partial charge in [0, 0.05) is 17.2 Å². The molecule has 2 unspecified atom stereocenters. The number of ketones is 1. The minimum Gasteiger partial charge on any atom is -0.318 e. The fraction of sp³-hybridized carbons (Fsp3) is 0.250. The molecule has 43 heavy (non-hydrogen) atoms. The van der Waals surface area contributed by atoms with Gasteiger partial charge in [0.05, 0.1) is 12.0 Å². The van der Waals surface area contributed by atoms with E-state index in [0.717, 1.165) is 58.2 Å². The highest BCUT2D eigenvalue weighted by molar-refractivity contribution is 5.99. The highest BCUT2D eigenvalue weighted by atomic mass is 16.1. The van der Waals surface area contributed by atoms with Crippen LogP contribution in [0.1, 0.15) is 54.4 Å². The van der Waals surface area contributed by atoms with Crippen molar-refractivity contribution in [2.75, 3.05) is 0 Å². The van der Waals surface area contributed by atoms with Crippen molar-refractivity contribution in [3.05, 3.63) is 156 Å². The highest BCUT2D eigenvalue weighted by Gasteiger charge is 2.60. The highest BCUT2D eigenvalue weighted by Crippen LogP contribution is 2.65. The second kappa shape index (κ2) is 10.3. The van der Waals surface area contributed by atoms with Gasteiger partial charge in [-0.1, -0.05) is 121 Å². The van der Waals surface area contributed by atoms with Crippen LogP contribution < -0.4 is 0 Å². The van der Waals surface area contributed by atoms with Crippen LogP contribution in [0.2, 0.25) is 0 Å². The van der Waals surface area contributed by atoms with E-state index in [1.807, 2.05) is 24.5 Å². The van der Waals surface area contributed by atoms with Crippen molar-refractivity contribution in [1.82, 2.24) is 9.55 Å². The Morgan fingerprint density at radius 1 is 0.721 bits per heavy atom. The third-order valence-electron chi connectivity index (χ3n) is 10.7. The minimum absolute atomic E-state index is 0.0960. The molecular formula is C40H36N2O. The Bertz CT molecular complexity index is 1680. The summed E-state index contributed by atoms with van der Waals surface area (Å²) >= 11 is 0. The van der Waals surface area contributed by atoms with Gasteiger partial charge in [0.1, 0.15) is 5.54 Å². The zero-order valence-corrected chi connectivity index (χ0v) is 24.3. The van der Waals surface area contributed by atoms with Gasteiger partial charge in [-0.2, -0.15) is 0 Å². The summed E-state index contributed by atoms with van der Waals surface area (Å²) < 4.78 is 2.25. The Kier molecular flexibility index (Phi) is 6.29. The zero-order chi connectivity index (χ0) is 28.9. The van der Waals surface area contributed by atoms with Gasteiger partial charge < -0.3 is 4.57 Å². The topological polar surface area (TPSA) is 34.9 Å². The van der Waals surface area contributed by atoms with Crippen molar-refractivity contribution >= 4 is 11.9 Å². The predicted octanol–water partition coefficient (Wildman–Crippen LogP) is 8.80. The number of carbonyl (C=O) groups is 1. The third kappa shape index (κ3) is 4.17. The average molecular weight is 561 g/mol. The maximum absolute atomic E-state index is 13.7. The minimum atomic E-state index is -0.615. The van der Waals surface area contributed by atoms with E-state index < -0.39 is 5.54 Å². The normalized spacial score (nSPS) is 24.1. The molecule has 4 saturated carbocycles. The van der Waals surface area contributed by atoms with Crippen LogP contribution in [-0.4, -0.2) is 15.3 Å². The summed E-state index contributed by atoms with van der Waals surface area (Å²) in [6, 6.07) is 40.3. The molecule has 0 radical (unpaired) electrons. The molecule has 0 amide bonds. The van der Waals surface area contributed by atoms with Crippen molar-refractivity contribution in [1.29, 1.82) is 0 Å². The molecule has 0 spiro atoms. The Morgan fingerprint density at radius 2 is 1.26 bits per heavy atom. The fourth-order valence-electron chi connectivity index (χ4n) is 9.04. The maximum atomic E-state index is 13.7. The van der Waals surface area contributed by atoms with Crippen molar-refractivity contribution in [3.63, 3.8) is 0 Å². The van der Waals surface area contributed by atoms with Crippen LogP contribution in [0.4, 0.5) is 0 Å². The molecule has 3 nitrogen and oxygen atoms in total. The maximum Gasteiger partial charge on any atom is 0.162 e. The summed E-state index contributed by atoms with van der Waals surface area (Å²) in [5, 5.41) is 0. The number of rotatable bonds is 8. The van der Waals surface area contributed by atoms with Crippen molar-refractivity contribution < 1.29 is 4.79 Å². The lowest BCUT2D eigenvalue weighted by Gasteiger charge is -2.37. The average Bonchev–Trinajstić information content (AvgIpc) is 3.72. The first-order valence-electron chi connectivity index (χ1n) is 15.7. The first kappa shape index (κ1) is 26.2. The number of hydrogen-bond donors (Lipinski definition) is 0. The van der Waals surface area contributed by atoms with Gasteiger partial charge in [0.25, 0.3) is 0 Å². The zero-order valence-electron chi connectivity index (χ0n) is 24.3. The molecule has 4 aromatic carbocycles. The smallest absolute Gasteiger partial charge is 0.162 e. The monoisotopic (exact) mass is 560 g/mol. The SMILES string of the molecule is O=C(/C=C/c1ccccc1-c1cn(C(c2ccccc2)(c2ccccc2)c2ccccc2)cn1)C12CC3CC(CC1C3)C2. The third-order valence-corrected chi connectivity index (χ3v) is 10.7. The molecule has 0 saturated heterocycles. The lowest BCUT2D eigenvalue weighted by Crippen LogP contribution is -2.36. The largest absolute Gasteiger partial charge is 0.318 e. The molecule has 1 heterocycles. The second-order valence-corrected chi connectivity index (χ2v) is 13.0. The summed E-state index contributed by atoms with van der Waals surface area (Å²) in [5.41, 5.74) is 5.72. The van der Waals surface area contributed by atoms with Gasteiger partial charge >= 0.3 is 0 Å². The standard InChI is InChI=1S/C40H36N2O/c43-38(39-25-29-22-30(26-39)24-35(39)23-29)21-20-31-12-10-11-19-36(31)37-27-42(28-41-37)40(32-13-4-1-5-14-32,33-15-6-2-7-16-33)34-17-8-3-9-18-34/h1-21,27-30,35H,22-26H2/b21-20+. The van der Waals surface area contributed by atoms with Crippen LogP contribution in [0.5, 0.6) is 0 Å². The van der Waals surface area contributed by atoms with Gasteiger partial charge in [0.15, 0.2) is 5.78 Å². The lowest BCUT2D eigenvalue weighted by atomic mass is 9.72. The molecule has 3 heteroatoms. The predicted molar refractivity (Wildman–Crippen MR) is 172 cm³/mol. The van der Waals surface area contributed by atoms with Gasteiger partial charge in [0.2, 0.25) is 0 Å². The number of benzene rings is 4. The molecule has 2 atom stereocenters. The van der Waals surface area contributed by atoms with Crippen LogP contribution >= 0.6 is 0 Å². The van der Waals surface area contributed by atoms with E-state index in [1.54, 1.807) is 0 Å². The van der Waals surface area contributed by atoms with Gasteiger partial charge in [-0.25, -0.2) is 4.98 Å². The van der Waals surface area contributed by atoms with Gasteiger partial charge in [-0.05, 0) is 78.2 Å². The molecule has 5 aromatic rings. The molecule has 1 aromatic heterocycles. The van der Waals surface area contributed by atoms with Crippen LogP contribution in [0.25, 0.3) is 17.3 Å². The number of imidazole rings is 1. The van der Waals surface area contributed by atoms with Crippen molar-refractivity contribution in [3.8, 4) is 11.3 Å². The van der Waals surface area contributed by atoms with Crippen LogP contribution in [-0.2, 0) is 10.3 Å². The van der Waals surface area contributed by atoms with Crippen LogP contribution in [0.15, 0.2) is 134 Å². The van der Waals surface area contributed by atoms with Crippen molar-refractivity contribution in [2.45, 2.75) is 37.6 Å². The molecular weight excluding hydrogens is 524 g/mol. The summed E-state index contributed by atoms with van der Waals surface area (Å²) in [6.07, 6.45) is 14.1. The quantitative estimate of drug-likeness (QED) is 0.140. The van der Waals surface area contributed by atoms with E-state index in [4.69, 9.17) is 4.98 Å². The molecule has 4 aliphatic carbocycles. The Balaban J connectivity index is 1.21. The molecule has 212 valence electrons. The van der Waals surface area contributed by atoms with Gasteiger partial charge in [-0.15, -0.1) is 0 Å². The van der Waals surface area contributed by atoms with E-state index in [2.05, 4.69) is 120 Å². The summed E-state index contributed by atoms with van der Waals surface area (Å²) in [7, 11) is 0. The van der Waals surface area contributed by atoms with Crippen LogP contribution in [0.3, 0.4) is 0 Å². The van der Waals surface area contributed by atoms with E-state index in [0.29, 0.717) is 11.7 Å². The Labute approximate surface area is 253 Å².